The largest absolute Gasteiger partial charge is 0.366 e. The number of carbonyl (C=O) groups excluding carboxylic acids is 1. The van der Waals surface area contributed by atoms with E-state index < -0.39 is 5.91 Å². The second kappa shape index (κ2) is 8.29. The SMILES string of the molecule is CCc1ccc(CNCc2[nH]c3ncccc3c2-c2ccc(C(N)=O)cc2)cc1. The lowest BCUT2D eigenvalue weighted by atomic mass is 10.0. The number of aromatic nitrogens is 2. The number of hydrogen-bond acceptors (Lipinski definition) is 3. The number of primary amides is 1. The van der Waals surface area contributed by atoms with E-state index in [4.69, 9.17) is 5.73 Å². The smallest absolute Gasteiger partial charge is 0.248 e. The second-order valence-electron chi connectivity index (χ2n) is 7.09. The quantitative estimate of drug-likeness (QED) is 0.447. The third-order valence-electron chi connectivity index (χ3n) is 5.17. The molecule has 0 aliphatic rings. The van der Waals surface area contributed by atoms with Crippen LogP contribution in [0.4, 0.5) is 0 Å². The van der Waals surface area contributed by atoms with Gasteiger partial charge in [0.1, 0.15) is 5.65 Å². The van der Waals surface area contributed by atoms with Gasteiger partial charge in [-0.25, -0.2) is 4.98 Å². The Bertz CT molecular complexity index is 1130. The number of H-pyrrole nitrogens is 1. The molecule has 4 aromatic rings. The Morgan fingerprint density at radius 1 is 1.00 bits per heavy atom. The van der Waals surface area contributed by atoms with Crippen LogP contribution in [0.5, 0.6) is 0 Å². The predicted molar refractivity (Wildman–Crippen MR) is 116 cm³/mol. The molecule has 0 fully saturated rings. The summed E-state index contributed by atoms with van der Waals surface area (Å²) >= 11 is 0. The Kier molecular flexibility index (Phi) is 5.40. The average molecular weight is 384 g/mol. The molecule has 4 rings (SSSR count). The summed E-state index contributed by atoms with van der Waals surface area (Å²) in [6, 6.07) is 20.1. The Morgan fingerprint density at radius 2 is 1.72 bits per heavy atom. The lowest BCUT2D eigenvalue weighted by Crippen LogP contribution is -2.13. The molecule has 2 aromatic carbocycles. The molecule has 146 valence electrons. The van der Waals surface area contributed by atoms with E-state index in [-0.39, 0.29) is 0 Å². The van der Waals surface area contributed by atoms with Crippen LogP contribution >= 0.6 is 0 Å². The maximum atomic E-state index is 11.4. The van der Waals surface area contributed by atoms with Gasteiger partial charge in [0.2, 0.25) is 5.91 Å². The van der Waals surface area contributed by atoms with Crippen LogP contribution in [0.2, 0.25) is 0 Å². The Balaban J connectivity index is 1.60. The minimum Gasteiger partial charge on any atom is -0.366 e. The van der Waals surface area contributed by atoms with Crippen molar-refractivity contribution in [3.05, 3.63) is 89.2 Å². The van der Waals surface area contributed by atoms with Crippen molar-refractivity contribution in [2.45, 2.75) is 26.4 Å². The number of fused-ring (bicyclic) bond motifs is 1. The number of amides is 1. The summed E-state index contributed by atoms with van der Waals surface area (Å²) in [4.78, 5) is 19.3. The van der Waals surface area contributed by atoms with Crippen molar-refractivity contribution in [1.82, 2.24) is 15.3 Å². The molecule has 0 bridgehead atoms. The predicted octanol–water partition coefficient (Wildman–Crippen LogP) is 4.18. The summed E-state index contributed by atoms with van der Waals surface area (Å²) in [6.45, 7) is 3.63. The monoisotopic (exact) mass is 384 g/mol. The van der Waals surface area contributed by atoms with E-state index in [0.29, 0.717) is 12.1 Å². The maximum Gasteiger partial charge on any atom is 0.248 e. The van der Waals surface area contributed by atoms with Crippen molar-refractivity contribution in [2.75, 3.05) is 0 Å². The average Bonchev–Trinajstić information content (AvgIpc) is 3.12. The molecule has 2 aromatic heterocycles. The van der Waals surface area contributed by atoms with Gasteiger partial charge >= 0.3 is 0 Å². The fourth-order valence-electron chi connectivity index (χ4n) is 3.56. The minimum absolute atomic E-state index is 0.423. The molecule has 0 unspecified atom stereocenters. The summed E-state index contributed by atoms with van der Waals surface area (Å²) in [5, 5.41) is 4.58. The number of nitrogens with zero attached hydrogens (tertiary/aromatic N) is 1. The van der Waals surface area contributed by atoms with Gasteiger partial charge < -0.3 is 16.0 Å². The van der Waals surface area contributed by atoms with Gasteiger partial charge in [0.25, 0.3) is 0 Å². The van der Waals surface area contributed by atoms with Gasteiger partial charge in [-0.1, -0.05) is 43.3 Å². The highest BCUT2D eigenvalue weighted by Gasteiger charge is 2.14. The van der Waals surface area contributed by atoms with Gasteiger partial charge in [-0.2, -0.15) is 0 Å². The van der Waals surface area contributed by atoms with Crippen LogP contribution in [-0.4, -0.2) is 15.9 Å². The van der Waals surface area contributed by atoms with Crippen molar-refractivity contribution in [3.63, 3.8) is 0 Å². The summed E-state index contributed by atoms with van der Waals surface area (Å²) in [6.07, 6.45) is 2.83. The summed E-state index contributed by atoms with van der Waals surface area (Å²) in [5.41, 5.74) is 12.5. The Labute approximate surface area is 170 Å². The normalized spacial score (nSPS) is 11.1. The first kappa shape index (κ1) is 18.9. The molecular weight excluding hydrogens is 360 g/mol. The van der Waals surface area contributed by atoms with Crippen molar-refractivity contribution in [3.8, 4) is 11.1 Å². The molecule has 5 heteroatoms. The summed E-state index contributed by atoms with van der Waals surface area (Å²) in [7, 11) is 0. The van der Waals surface area contributed by atoms with Gasteiger partial charge in [-0.3, -0.25) is 4.79 Å². The molecule has 0 saturated heterocycles. The number of aryl methyl sites for hydroxylation is 1. The third-order valence-corrected chi connectivity index (χ3v) is 5.17. The molecular formula is C24H24N4O. The number of pyridine rings is 1. The zero-order valence-electron chi connectivity index (χ0n) is 16.4. The van der Waals surface area contributed by atoms with Crippen molar-refractivity contribution in [2.24, 2.45) is 5.73 Å². The molecule has 1 amide bonds. The highest BCUT2D eigenvalue weighted by Crippen LogP contribution is 2.31. The number of carbonyl (C=O) groups is 1. The molecule has 5 nitrogen and oxygen atoms in total. The first-order chi connectivity index (χ1) is 14.2. The summed E-state index contributed by atoms with van der Waals surface area (Å²) < 4.78 is 0. The fourth-order valence-corrected chi connectivity index (χ4v) is 3.56. The number of nitrogens with two attached hydrogens (primary N) is 1. The Morgan fingerprint density at radius 3 is 2.41 bits per heavy atom. The molecule has 29 heavy (non-hydrogen) atoms. The first-order valence-electron chi connectivity index (χ1n) is 9.80. The fraction of sp³-hybridized carbons (Fsp3) is 0.167. The van der Waals surface area contributed by atoms with Crippen LogP contribution in [0.3, 0.4) is 0 Å². The third kappa shape index (κ3) is 4.05. The lowest BCUT2D eigenvalue weighted by Gasteiger charge is -2.08. The topological polar surface area (TPSA) is 83.8 Å². The minimum atomic E-state index is -0.423. The van der Waals surface area contributed by atoms with Crippen LogP contribution in [0.25, 0.3) is 22.2 Å². The van der Waals surface area contributed by atoms with E-state index >= 15 is 0 Å². The van der Waals surface area contributed by atoms with Crippen molar-refractivity contribution >= 4 is 16.9 Å². The first-order valence-corrected chi connectivity index (χ1v) is 9.80. The molecule has 0 atom stereocenters. The number of benzene rings is 2. The van der Waals surface area contributed by atoms with E-state index in [0.717, 1.165) is 40.8 Å². The molecule has 0 saturated carbocycles. The van der Waals surface area contributed by atoms with Gasteiger partial charge in [0.15, 0.2) is 0 Å². The van der Waals surface area contributed by atoms with E-state index in [1.807, 2.05) is 18.2 Å². The van der Waals surface area contributed by atoms with E-state index in [9.17, 15) is 4.79 Å². The van der Waals surface area contributed by atoms with Crippen LogP contribution in [0, 0.1) is 0 Å². The highest BCUT2D eigenvalue weighted by atomic mass is 16.1. The molecule has 4 N–H and O–H groups in total. The van der Waals surface area contributed by atoms with Crippen LogP contribution in [0.1, 0.15) is 34.1 Å². The van der Waals surface area contributed by atoms with Crippen molar-refractivity contribution in [1.29, 1.82) is 0 Å². The maximum absolute atomic E-state index is 11.4. The Hall–Kier alpha value is -3.44. The zero-order valence-corrected chi connectivity index (χ0v) is 16.4. The van der Waals surface area contributed by atoms with E-state index in [2.05, 4.69) is 52.5 Å². The number of aromatic amines is 1. The van der Waals surface area contributed by atoms with Crippen LogP contribution in [0.15, 0.2) is 66.9 Å². The van der Waals surface area contributed by atoms with Crippen LogP contribution in [-0.2, 0) is 19.5 Å². The van der Waals surface area contributed by atoms with Gasteiger partial charge in [-0.05, 0) is 47.4 Å². The van der Waals surface area contributed by atoms with Gasteiger partial charge in [0, 0.05) is 41.5 Å². The van der Waals surface area contributed by atoms with Crippen LogP contribution < -0.4 is 11.1 Å². The van der Waals surface area contributed by atoms with E-state index in [1.54, 1.807) is 18.3 Å². The van der Waals surface area contributed by atoms with Gasteiger partial charge in [-0.15, -0.1) is 0 Å². The summed E-state index contributed by atoms with van der Waals surface area (Å²) in [5.74, 6) is -0.423. The lowest BCUT2D eigenvalue weighted by molar-refractivity contribution is 0.100. The number of nitrogens with one attached hydrogen (secondary N) is 2. The van der Waals surface area contributed by atoms with Gasteiger partial charge in [0.05, 0.1) is 0 Å². The molecule has 0 radical (unpaired) electrons. The second-order valence-corrected chi connectivity index (χ2v) is 7.09. The number of rotatable bonds is 7. The molecule has 0 spiro atoms. The molecule has 0 aliphatic carbocycles. The number of hydrogen-bond donors (Lipinski definition) is 3. The highest BCUT2D eigenvalue weighted by molar-refractivity contribution is 5.97. The zero-order chi connectivity index (χ0) is 20.2. The standard InChI is InChI=1S/C24H24N4O/c1-2-16-5-7-17(8-6-16)14-26-15-21-22(20-4-3-13-27-24(20)28-21)18-9-11-19(12-10-18)23(25)29/h3-13,26H,2,14-15H2,1H3,(H2,25,29)(H,27,28). The van der Waals surface area contributed by atoms with E-state index in [1.165, 1.54) is 11.1 Å². The molecule has 2 heterocycles. The van der Waals surface area contributed by atoms with Crippen molar-refractivity contribution < 1.29 is 4.79 Å². The molecule has 0 aliphatic heterocycles.